The van der Waals surface area contributed by atoms with E-state index >= 15 is 0 Å². The van der Waals surface area contributed by atoms with Gasteiger partial charge in [-0.25, -0.2) is 9.59 Å². The Labute approximate surface area is 128 Å². The second-order valence-electron chi connectivity index (χ2n) is 5.07. The average Bonchev–Trinajstić information content (AvgIpc) is 2.87. The van der Waals surface area contributed by atoms with Crippen LogP contribution in [0.5, 0.6) is 0 Å². The van der Waals surface area contributed by atoms with Gasteiger partial charge in [-0.15, -0.1) is 0 Å². The number of methoxy groups -OCH3 is 1. The van der Waals surface area contributed by atoms with Crippen LogP contribution in [0.4, 0.5) is 0 Å². The van der Waals surface area contributed by atoms with Crippen molar-refractivity contribution in [3.8, 4) is 0 Å². The molecule has 0 N–H and O–H groups in total. The molecule has 0 saturated carbocycles. The topological polar surface area (TPSA) is 65.7 Å². The van der Waals surface area contributed by atoms with E-state index in [-0.39, 0.29) is 6.61 Å². The summed E-state index contributed by atoms with van der Waals surface area (Å²) in [6.07, 6.45) is 0. The fraction of sp³-hybridized carbons (Fsp3) is 0.294. The van der Waals surface area contributed by atoms with Crippen molar-refractivity contribution < 1.29 is 23.5 Å². The van der Waals surface area contributed by atoms with E-state index in [4.69, 9.17) is 9.15 Å². The van der Waals surface area contributed by atoms with Crippen molar-refractivity contribution >= 4 is 11.9 Å². The molecule has 2 aromatic rings. The number of hydrogen-bond donors (Lipinski definition) is 0. The van der Waals surface area contributed by atoms with Crippen molar-refractivity contribution in [2.75, 3.05) is 7.11 Å². The highest BCUT2D eigenvalue weighted by molar-refractivity contribution is 5.91. The Morgan fingerprint density at radius 3 is 2.45 bits per heavy atom. The lowest BCUT2D eigenvalue weighted by atomic mass is 10.1. The number of carbonyl (C=O) groups is 2. The van der Waals surface area contributed by atoms with Gasteiger partial charge in [-0.05, 0) is 38.5 Å². The van der Waals surface area contributed by atoms with Crippen LogP contribution >= 0.6 is 0 Å². The molecule has 1 aromatic heterocycles. The number of ether oxygens (including phenoxy) is 2. The molecule has 0 saturated heterocycles. The number of hydrogen-bond acceptors (Lipinski definition) is 5. The predicted molar refractivity (Wildman–Crippen MR) is 79.8 cm³/mol. The number of esters is 2. The minimum atomic E-state index is -0.478. The molecule has 0 bridgehead atoms. The lowest BCUT2D eigenvalue weighted by Crippen LogP contribution is -2.07. The van der Waals surface area contributed by atoms with E-state index in [0.29, 0.717) is 22.6 Å². The molecule has 0 spiro atoms. The van der Waals surface area contributed by atoms with Gasteiger partial charge in [-0.3, -0.25) is 0 Å². The highest BCUT2D eigenvalue weighted by Gasteiger charge is 2.17. The molecule has 0 fully saturated rings. The van der Waals surface area contributed by atoms with Gasteiger partial charge in [0, 0.05) is 0 Å². The first-order valence-corrected chi connectivity index (χ1v) is 6.84. The molecule has 0 aliphatic rings. The Hall–Kier alpha value is -2.56. The fourth-order valence-electron chi connectivity index (χ4n) is 2.10. The van der Waals surface area contributed by atoms with Gasteiger partial charge in [-0.2, -0.15) is 0 Å². The third-order valence-electron chi connectivity index (χ3n) is 3.33. The first kappa shape index (κ1) is 15.8. The van der Waals surface area contributed by atoms with Crippen LogP contribution in [0.3, 0.4) is 0 Å². The summed E-state index contributed by atoms with van der Waals surface area (Å²) in [5.74, 6) is -0.0654. The standard InChI is InChI=1S/C17H18O5/c1-10-5-6-11(2)14(7-10)17(19)21-9-13-8-15(12(3)22-13)16(18)20-4/h5-8H,9H2,1-4H3. The molecule has 0 unspecified atom stereocenters. The van der Waals surface area contributed by atoms with Crippen molar-refractivity contribution in [2.24, 2.45) is 0 Å². The smallest absolute Gasteiger partial charge is 0.341 e. The largest absolute Gasteiger partial charge is 0.465 e. The summed E-state index contributed by atoms with van der Waals surface area (Å²) in [7, 11) is 1.30. The second kappa shape index (κ2) is 6.47. The van der Waals surface area contributed by atoms with Crippen LogP contribution in [0.15, 0.2) is 28.7 Å². The SMILES string of the molecule is COC(=O)c1cc(COC(=O)c2cc(C)ccc2C)oc1C. The molecule has 0 atom stereocenters. The predicted octanol–water partition coefficient (Wildman–Crippen LogP) is 3.35. The number of carbonyl (C=O) groups excluding carboxylic acids is 2. The maximum absolute atomic E-state index is 12.1. The van der Waals surface area contributed by atoms with Gasteiger partial charge >= 0.3 is 11.9 Å². The highest BCUT2D eigenvalue weighted by atomic mass is 16.5. The van der Waals surface area contributed by atoms with E-state index in [1.54, 1.807) is 13.0 Å². The van der Waals surface area contributed by atoms with Gasteiger partial charge in [-0.1, -0.05) is 17.7 Å². The lowest BCUT2D eigenvalue weighted by molar-refractivity contribution is 0.0443. The van der Waals surface area contributed by atoms with Crippen LogP contribution in [-0.2, 0) is 16.1 Å². The minimum absolute atomic E-state index is 0.0376. The molecular formula is C17H18O5. The molecule has 1 aromatic carbocycles. The monoisotopic (exact) mass is 302 g/mol. The molecule has 0 amide bonds. The number of rotatable bonds is 4. The van der Waals surface area contributed by atoms with E-state index in [9.17, 15) is 9.59 Å². The summed E-state index contributed by atoms with van der Waals surface area (Å²) in [6, 6.07) is 7.12. The molecule has 22 heavy (non-hydrogen) atoms. The average molecular weight is 302 g/mol. The Bertz CT molecular complexity index is 712. The molecule has 1 heterocycles. The van der Waals surface area contributed by atoms with Crippen molar-refractivity contribution in [3.05, 3.63) is 58.0 Å². The van der Waals surface area contributed by atoms with Crippen LogP contribution in [-0.4, -0.2) is 19.0 Å². The quantitative estimate of drug-likeness (QED) is 0.810. The van der Waals surface area contributed by atoms with Crippen LogP contribution in [0.25, 0.3) is 0 Å². The Balaban J connectivity index is 2.08. The fourth-order valence-corrected chi connectivity index (χ4v) is 2.10. The summed E-state index contributed by atoms with van der Waals surface area (Å²) in [5, 5.41) is 0. The van der Waals surface area contributed by atoms with Crippen molar-refractivity contribution in [1.29, 1.82) is 0 Å². The maximum atomic E-state index is 12.1. The second-order valence-corrected chi connectivity index (χ2v) is 5.07. The third kappa shape index (κ3) is 3.36. The summed E-state index contributed by atoms with van der Waals surface area (Å²) in [4.78, 5) is 23.6. The molecule has 116 valence electrons. The molecule has 0 aliphatic carbocycles. The first-order valence-electron chi connectivity index (χ1n) is 6.84. The van der Waals surface area contributed by atoms with Crippen LogP contribution in [0.2, 0.25) is 0 Å². The summed E-state index contributed by atoms with van der Waals surface area (Å²) >= 11 is 0. The first-order chi connectivity index (χ1) is 10.4. The maximum Gasteiger partial charge on any atom is 0.341 e. The lowest BCUT2D eigenvalue weighted by Gasteiger charge is -2.06. The van der Waals surface area contributed by atoms with E-state index in [1.165, 1.54) is 13.2 Å². The highest BCUT2D eigenvalue weighted by Crippen LogP contribution is 2.18. The number of furan rings is 1. The molecular weight excluding hydrogens is 284 g/mol. The Morgan fingerprint density at radius 1 is 1.05 bits per heavy atom. The van der Waals surface area contributed by atoms with E-state index in [0.717, 1.165) is 11.1 Å². The molecule has 5 nitrogen and oxygen atoms in total. The van der Waals surface area contributed by atoms with Crippen LogP contribution in [0.1, 0.15) is 43.4 Å². The third-order valence-corrected chi connectivity index (χ3v) is 3.33. The molecule has 5 heteroatoms. The Morgan fingerprint density at radius 2 is 1.77 bits per heavy atom. The molecule has 0 radical (unpaired) electrons. The van der Waals surface area contributed by atoms with Crippen LogP contribution < -0.4 is 0 Å². The van der Waals surface area contributed by atoms with Gasteiger partial charge < -0.3 is 13.9 Å². The van der Waals surface area contributed by atoms with Gasteiger partial charge in [0.05, 0.1) is 12.7 Å². The van der Waals surface area contributed by atoms with Gasteiger partial charge in [0.25, 0.3) is 0 Å². The number of aryl methyl sites for hydroxylation is 3. The zero-order valence-electron chi connectivity index (χ0n) is 13.1. The van der Waals surface area contributed by atoms with Gasteiger partial charge in [0.15, 0.2) is 0 Å². The minimum Gasteiger partial charge on any atom is -0.465 e. The summed E-state index contributed by atoms with van der Waals surface area (Å²) in [6.45, 7) is 5.38. The van der Waals surface area contributed by atoms with E-state index in [2.05, 4.69) is 4.74 Å². The summed E-state index contributed by atoms with van der Waals surface area (Å²) < 4.78 is 15.3. The normalized spacial score (nSPS) is 10.4. The number of benzene rings is 1. The van der Waals surface area contributed by atoms with E-state index in [1.807, 2.05) is 26.0 Å². The van der Waals surface area contributed by atoms with Gasteiger partial charge in [0.1, 0.15) is 23.7 Å². The zero-order chi connectivity index (χ0) is 16.3. The zero-order valence-corrected chi connectivity index (χ0v) is 13.1. The Kier molecular flexibility index (Phi) is 4.65. The van der Waals surface area contributed by atoms with E-state index < -0.39 is 11.9 Å². The van der Waals surface area contributed by atoms with Crippen molar-refractivity contribution in [1.82, 2.24) is 0 Å². The van der Waals surface area contributed by atoms with Crippen molar-refractivity contribution in [2.45, 2.75) is 27.4 Å². The molecule has 2 rings (SSSR count). The molecule has 0 aliphatic heterocycles. The van der Waals surface area contributed by atoms with Crippen molar-refractivity contribution in [3.63, 3.8) is 0 Å². The van der Waals surface area contributed by atoms with Gasteiger partial charge in [0.2, 0.25) is 0 Å². The van der Waals surface area contributed by atoms with Crippen LogP contribution in [0, 0.1) is 20.8 Å². The summed E-state index contributed by atoms with van der Waals surface area (Å²) in [5.41, 5.74) is 2.69.